The minimum Gasteiger partial charge on any atom is -0.288 e. The van der Waals surface area contributed by atoms with Crippen LogP contribution in [0.3, 0.4) is 0 Å². The van der Waals surface area contributed by atoms with E-state index in [1.54, 1.807) is 11.8 Å². The number of benzene rings is 1. The Morgan fingerprint density at radius 3 is 2.50 bits per heavy atom. The summed E-state index contributed by atoms with van der Waals surface area (Å²) in [6.07, 6.45) is 5.80. The molecular weight excluding hydrogens is 248 g/mol. The van der Waals surface area contributed by atoms with Crippen LogP contribution in [0.25, 0.3) is 6.08 Å². The van der Waals surface area contributed by atoms with Crippen LogP contribution >= 0.6 is 0 Å². The van der Waals surface area contributed by atoms with Gasteiger partial charge < -0.3 is 0 Å². The highest BCUT2D eigenvalue weighted by Crippen LogP contribution is 2.14. The Morgan fingerprint density at radius 2 is 1.85 bits per heavy atom. The molecule has 0 spiro atoms. The predicted octanol–water partition coefficient (Wildman–Crippen LogP) is 3.02. The molecule has 0 fully saturated rings. The summed E-state index contributed by atoms with van der Waals surface area (Å²) < 4.78 is 2.12. The van der Waals surface area contributed by atoms with Gasteiger partial charge in [-0.05, 0) is 25.1 Å². The van der Waals surface area contributed by atoms with Crippen molar-refractivity contribution < 1.29 is 9.36 Å². The molecule has 2 aromatic rings. The number of hydrogen-bond donors (Lipinski definition) is 0. The number of anilines is 1. The van der Waals surface area contributed by atoms with Crippen LogP contribution in [0.2, 0.25) is 0 Å². The highest BCUT2D eigenvalue weighted by molar-refractivity contribution is 5.94. The number of carbonyl (C=O) groups is 1. The first-order chi connectivity index (χ1) is 9.72. The van der Waals surface area contributed by atoms with Gasteiger partial charge in [0.2, 0.25) is 11.6 Å². The van der Waals surface area contributed by atoms with E-state index < -0.39 is 0 Å². The highest BCUT2D eigenvalue weighted by Gasteiger charge is 2.09. The zero-order valence-electron chi connectivity index (χ0n) is 11.9. The van der Waals surface area contributed by atoms with Crippen LogP contribution in [0.15, 0.2) is 60.9 Å². The second kappa shape index (κ2) is 6.66. The third kappa shape index (κ3) is 3.32. The summed E-state index contributed by atoms with van der Waals surface area (Å²) in [6.45, 7) is 4.55. The molecule has 1 aromatic heterocycles. The Bertz CT molecular complexity index is 605. The fourth-order valence-electron chi connectivity index (χ4n) is 2.04. The van der Waals surface area contributed by atoms with Gasteiger partial charge in [0.1, 0.15) is 6.54 Å². The number of pyridine rings is 1. The molecule has 0 radical (unpaired) electrons. The van der Waals surface area contributed by atoms with Crippen molar-refractivity contribution in [1.82, 2.24) is 0 Å². The Hall–Kier alpha value is -2.42. The largest absolute Gasteiger partial charge is 0.288 e. The molecule has 2 rings (SSSR count). The van der Waals surface area contributed by atoms with Crippen LogP contribution in [-0.4, -0.2) is 5.91 Å². The van der Waals surface area contributed by atoms with E-state index in [0.717, 1.165) is 17.9 Å². The van der Waals surface area contributed by atoms with E-state index >= 15 is 0 Å². The third-order valence-corrected chi connectivity index (χ3v) is 3.08. The molecule has 1 aromatic carbocycles. The van der Waals surface area contributed by atoms with Crippen LogP contribution in [0.4, 0.5) is 5.69 Å². The third-order valence-electron chi connectivity index (χ3n) is 3.08. The number of nitrogens with zero attached hydrogens (tertiary/aromatic N) is 2. The lowest BCUT2D eigenvalue weighted by molar-refractivity contribution is -0.695. The number of aromatic nitrogens is 1. The summed E-state index contributed by atoms with van der Waals surface area (Å²) in [7, 11) is 0. The maximum absolute atomic E-state index is 11.8. The Labute approximate surface area is 119 Å². The SMILES string of the molecule is CC[n+]1ccccc1C=CN(C(C)=O)c1ccccc1. The van der Waals surface area contributed by atoms with E-state index in [1.807, 2.05) is 67.0 Å². The molecule has 3 nitrogen and oxygen atoms in total. The van der Waals surface area contributed by atoms with Crippen molar-refractivity contribution in [3.63, 3.8) is 0 Å². The lowest BCUT2D eigenvalue weighted by Gasteiger charge is -2.15. The van der Waals surface area contributed by atoms with E-state index in [1.165, 1.54) is 0 Å². The zero-order chi connectivity index (χ0) is 14.4. The molecule has 0 saturated heterocycles. The number of aryl methyl sites for hydroxylation is 1. The number of carbonyl (C=O) groups excluding carboxylic acids is 1. The number of para-hydroxylation sites is 1. The zero-order valence-corrected chi connectivity index (χ0v) is 11.9. The number of hydrogen-bond acceptors (Lipinski definition) is 1. The molecule has 0 aliphatic rings. The monoisotopic (exact) mass is 267 g/mol. The fraction of sp³-hybridized carbons (Fsp3) is 0.176. The van der Waals surface area contributed by atoms with Crippen LogP contribution < -0.4 is 9.47 Å². The molecular formula is C17H19N2O+. The van der Waals surface area contributed by atoms with Gasteiger partial charge in [0.25, 0.3) is 0 Å². The maximum Gasteiger partial charge on any atom is 0.227 e. The summed E-state index contributed by atoms with van der Waals surface area (Å²) in [5.41, 5.74) is 1.94. The van der Waals surface area contributed by atoms with E-state index in [-0.39, 0.29) is 5.91 Å². The summed E-state index contributed by atoms with van der Waals surface area (Å²) in [6, 6.07) is 15.7. The van der Waals surface area contributed by atoms with Crippen LogP contribution in [0.5, 0.6) is 0 Å². The molecule has 20 heavy (non-hydrogen) atoms. The predicted molar refractivity (Wildman–Crippen MR) is 80.9 cm³/mol. The van der Waals surface area contributed by atoms with E-state index in [2.05, 4.69) is 11.5 Å². The first-order valence-corrected chi connectivity index (χ1v) is 6.74. The van der Waals surface area contributed by atoms with Gasteiger partial charge in [0.15, 0.2) is 6.20 Å². The molecule has 0 saturated carbocycles. The molecule has 1 heterocycles. The van der Waals surface area contributed by atoms with Crippen molar-refractivity contribution in [3.8, 4) is 0 Å². The lowest BCUT2D eigenvalue weighted by atomic mass is 10.2. The molecule has 0 atom stereocenters. The highest BCUT2D eigenvalue weighted by atomic mass is 16.2. The molecule has 102 valence electrons. The van der Waals surface area contributed by atoms with Crippen molar-refractivity contribution in [2.24, 2.45) is 0 Å². The van der Waals surface area contributed by atoms with Crippen molar-refractivity contribution in [2.45, 2.75) is 20.4 Å². The molecule has 3 heteroatoms. The second-order valence-electron chi connectivity index (χ2n) is 4.45. The van der Waals surface area contributed by atoms with E-state index in [4.69, 9.17) is 0 Å². The van der Waals surface area contributed by atoms with Crippen LogP contribution in [0, 0.1) is 0 Å². The van der Waals surface area contributed by atoms with Gasteiger partial charge in [-0.2, -0.15) is 4.57 Å². The molecule has 0 unspecified atom stereocenters. The topological polar surface area (TPSA) is 24.2 Å². The quantitative estimate of drug-likeness (QED) is 0.781. The van der Waals surface area contributed by atoms with Gasteiger partial charge in [0.05, 0.1) is 0 Å². The normalized spacial score (nSPS) is 10.7. The Kier molecular flexibility index (Phi) is 4.66. The summed E-state index contributed by atoms with van der Waals surface area (Å²) in [5, 5.41) is 0. The average Bonchev–Trinajstić information content (AvgIpc) is 2.48. The van der Waals surface area contributed by atoms with Gasteiger partial charge >= 0.3 is 0 Å². The summed E-state index contributed by atoms with van der Waals surface area (Å²) in [5.74, 6) is -0.00794. The first-order valence-electron chi connectivity index (χ1n) is 6.74. The van der Waals surface area contributed by atoms with Crippen molar-refractivity contribution in [3.05, 3.63) is 66.6 Å². The first kappa shape index (κ1) is 14.0. The van der Waals surface area contributed by atoms with Crippen LogP contribution in [-0.2, 0) is 11.3 Å². The van der Waals surface area contributed by atoms with E-state index in [9.17, 15) is 4.79 Å². The molecule has 1 amide bonds. The number of amides is 1. The van der Waals surface area contributed by atoms with Crippen LogP contribution in [0.1, 0.15) is 19.5 Å². The number of rotatable bonds is 4. The van der Waals surface area contributed by atoms with Gasteiger partial charge in [-0.3, -0.25) is 9.69 Å². The minimum absolute atomic E-state index is 0.00794. The van der Waals surface area contributed by atoms with Crippen molar-refractivity contribution in [2.75, 3.05) is 4.90 Å². The molecule has 0 bridgehead atoms. The Balaban J connectivity index is 2.29. The smallest absolute Gasteiger partial charge is 0.227 e. The average molecular weight is 267 g/mol. The van der Waals surface area contributed by atoms with Gasteiger partial charge in [0, 0.05) is 37.0 Å². The van der Waals surface area contributed by atoms with Crippen molar-refractivity contribution in [1.29, 1.82) is 0 Å². The second-order valence-corrected chi connectivity index (χ2v) is 4.45. The summed E-state index contributed by atoms with van der Waals surface area (Å²) in [4.78, 5) is 13.4. The summed E-state index contributed by atoms with van der Waals surface area (Å²) >= 11 is 0. The van der Waals surface area contributed by atoms with E-state index in [0.29, 0.717) is 0 Å². The van der Waals surface area contributed by atoms with Crippen molar-refractivity contribution >= 4 is 17.7 Å². The van der Waals surface area contributed by atoms with Gasteiger partial charge in [-0.25, -0.2) is 0 Å². The molecule has 0 N–H and O–H groups in total. The maximum atomic E-state index is 11.8. The minimum atomic E-state index is -0.00794. The standard InChI is InChI=1S/C17H19N2O/c1-3-18-13-8-7-9-16(18)12-14-19(15(2)20)17-10-5-4-6-11-17/h4-14H,3H2,1-2H3/q+1. The van der Waals surface area contributed by atoms with Gasteiger partial charge in [-0.15, -0.1) is 0 Å². The molecule has 0 aliphatic carbocycles. The Morgan fingerprint density at radius 1 is 1.15 bits per heavy atom. The molecule has 0 aliphatic heterocycles. The lowest BCUT2D eigenvalue weighted by Crippen LogP contribution is -2.35. The fourth-order valence-corrected chi connectivity index (χ4v) is 2.04. The van der Waals surface area contributed by atoms with Gasteiger partial charge in [-0.1, -0.05) is 18.2 Å².